The van der Waals surface area contributed by atoms with E-state index in [1.54, 1.807) is 6.33 Å². The van der Waals surface area contributed by atoms with Crippen LogP contribution in [0, 0.1) is 0 Å². The van der Waals surface area contributed by atoms with Crippen molar-refractivity contribution in [2.45, 2.75) is 6.42 Å². The van der Waals surface area contributed by atoms with Crippen LogP contribution < -0.4 is 10.5 Å². The van der Waals surface area contributed by atoms with Crippen molar-refractivity contribution in [1.82, 2.24) is 14.8 Å². The van der Waals surface area contributed by atoms with Gasteiger partial charge in [0, 0.05) is 13.5 Å². The molecule has 0 spiro atoms. The molecule has 84 valence electrons. The van der Waals surface area contributed by atoms with Crippen LogP contribution >= 0.6 is 0 Å². The van der Waals surface area contributed by atoms with E-state index < -0.39 is 0 Å². The van der Waals surface area contributed by atoms with Gasteiger partial charge >= 0.3 is 0 Å². The summed E-state index contributed by atoms with van der Waals surface area (Å²) in [7, 11) is 1.91. The van der Waals surface area contributed by atoms with E-state index in [4.69, 9.17) is 10.5 Å². The van der Waals surface area contributed by atoms with E-state index in [0.717, 1.165) is 5.82 Å². The number of ether oxygens (including phenoxy) is 1. The predicted molar refractivity (Wildman–Crippen MR) is 61.1 cm³/mol. The summed E-state index contributed by atoms with van der Waals surface area (Å²) in [5, 5.41) is 7.77. The second-order valence-corrected chi connectivity index (χ2v) is 3.49. The maximum absolute atomic E-state index is 5.75. The lowest BCUT2D eigenvalue weighted by molar-refractivity contribution is 0.319. The Balaban J connectivity index is 1.89. The van der Waals surface area contributed by atoms with E-state index >= 15 is 0 Å². The number of hydrogen-bond acceptors (Lipinski definition) is 4. The van der Waals surface area contributed by atoms with Crippen molar-refractivity contribution >= 4 is 5.69 Å². The zero-order chi connectivity index (χ0) is 11.4. The largest absolute Gasteiger partial charge is 0.491 e. The molecule has 0 bridgehead atoms. The molecule has 5 heteroatoms. The fourth-order valence-corrected chi connectivity index (χ4v) is 1.40. The molecule has 0 saturated carbocycles. The molecule has 16 heavy (non-hydrogen) atoms. The third-order valence-corrected chi connectivity index (χ3v) is 2.31. The van der Waals surface area contributed by atoms with Gasteiger partial charge in [-0.3, -0.25) is 0 Å². The minimum absolute atomic E-state index is 0.542. The molecule has 0 radical (unpaired) electrons. The number of anilines is 1. The number of rotatable bonds is 4. The van der Waals surface area contributed by atoms with Gasteiger partial charge < -0.3 is 15.0 Å². The summed E-state index contributed by atoms with van der Waals surface area (Å²) >= 11 is 0. The Hall–Kier alpha value is -2.04. The second-order valence-electron chi connectivity index (χ2n) is 3.49. The van der Waals surface area contributed by atoms with Gasteiger partial charge in [0.1, 0.15) is 17.9 Å². The summed E-state index contributed by atoms with van der Waals surface area (Å²) in [6.07, 6.45) is 2.39. The van der Waals surface area contributed by atoms with Crippen LogP contribution in [0.3, 0.4) is 0 Å². The maximum Gasteiger partial charge on any atom is 0.142 e. The Kier molecular flexibility index (Phi) is 3.05. The van der Waals surface area contributed by atoms with E-state index in [2.05, 4.69) is 10.2 Å². The van der Waals surface area contributed by atoms with Gasteiger partial charge in [-0.1, -0.05) is 12.1 Å². The smallest absolute Gasteiger partial charge is 0.142 e. The van der Waals surface area contributed by atoms with Gasteiger partial charge in [0.2, 0.25) is 0 Å². The van der Waals surface area contributed by atoms with Crippen LogP contribution in [0.4, 0.5) is 5.69 Å². The van der Waals surface area contributed by atoms with Crippen molar-refractivity contribution in [2.24, 2.45) is 7.05 Å². The number of nitrogens with zero attached hydrogens (tertiary/aromatic N) is 3. The number of aromatic nitrogens is 3. The van der Waals surface area contributed by atoms with Crippen LogP contribution in [-0.2, 0) is 13.5 Å². The Morgan fingerprint density at radius 3 is 2.88 bits per heavy atom. The highest BCUT2D eigenvalue weighted by Gasteiger charge is 2.02. The molecule has 2 rings (SSSR count). The normalized spacial score (nSPS) is 10.3. The summed E-state index contributed by atoms with van der Waals surface area (Å²) in [6.45, 7) is 0.542. The predicted octanol–water partition coefficient (Wildman–Crippen LogP) is 1.02. The molecule has 0 amide bonds. The van der Waals surface area contributed by atoms with Gasteiger partial charge in [-0.15, -0.1) is 10.2 Å². The van der Waals surface area contributed by atoms with Crippen LogP contribution in [0.1, 0.15) is 5.82 Å². The summed E-state index contributed by atoms with van der Waals surface area (Å²) < 4.78 is 7.43. The monoisotopic (exact) mass is 218 g/mol. The number of aryl methyl sites for hydroxylation is 1. The number of nitrogen functional groups attached to an aromatic ring is 1. The van der Waals surface area contributed by atoms with Crippen LogP contribution in [0.2, 0.25) is 0 Å². The molecule has 0 saturated heterocycles. The molecular formula is C11H14N4O. The Labute approximate surface area is 93.9 Å². The number of hydrogen-bond donors (Lipinski definition) is 1. The molecular weight excluding hydrogens is 204 g/mol. The first-order chi connectivity index (χ1) is 7.77. The average Bonchev–Trinajstić information content (AvgIpc) is 2.67. The molecule has 0 fully saturated rings. The standard InChI is InChI=1S/C11H14N4O/c1-15-8-13-14-11(15)6-7-16-10-5-3-2-4-9(10)12/h2-5,8H,6-7,12H2,1H3. The lowest BCUT2D eigenvalue weighted by Crippen LogP contribution is -2.07. The van der Waals surface area contributed by atoms with Crippen LogP contribution in [-0.4, -0.2) is 21.4 Å². The first-order valence-corrected chi connectivity index (χ1v) is 5.07. The molecule has 1 aromatic heterocycles. The molecule has 2 aromatic rings. The van der Waals surface area contributed by atoms with Gasteiger partial charge in [0.25, 0.3) is 0 Å². The first kappa shape index (κ1) is 10.5. The van der Waals surface area contributed by atoms with Crippen LogP contribution in [0.5, 0.6) is 5.75 Å². The van der Waals surface area contributed by atoms with Crippen LogP contribution in [0.25, 0.3) is 0 Å². The quantitative estimate of drug-likeness (QED) is 0.778. The molecule has 1 aromatic carbocycles. The van der Waals surface area contributed by atoms with E-state index in [1.807, 2.05) is 35.9 Å². The molecule has 2 N–H and O–H groups in total. The molecule has 0 aliphatic rings. The Morgan fingerprint density at radius 2 is 2.19 bits per heavy atom. The van der Waals surface area contributed by atoms with Gasteiger partial charge in [-0.05, 0) is 12.1 Å². The molecule has 0 aliphatic carbocycles. The van der Waals surface area contributed by atoms with Crippen molar-refractivity contribution in [3.63, 3.8) is 0 Å². The minimum Gasteiger partial charge on any atom is -0.491 e. The molecule has 0 unspecified atom stereocenters. The Morgan fingerprint density at radius 1 is 1.38 bits per heavy atom. The lowest BCUT2D eigenvalue weighted by atomic mass is 10.3. The van der Waals surface area contributed by atoms with E-state index in [9.17, 15) is 0 Å². The van der Waals surface area contributed by atoms with Crippen molar-refractivity contribution < 1.29 is 4.74 Å². The topological polar surface area (TPSA) is 66.0 Å². The highest BCUT2D eigenvalue weighted by atomic mass is 16.5. The maximum atomic E-state index is 5.75. The SMILES string of the molecule is Cn1cnnc1CCOc1ccccc1N. The summed E-state index contributed by atoms with van der Waals surface area (Å²) in [5.74, 6) is 1.61. The van der Waals surface area contributed by atoms with Crippen molar-refractivity contribution in [1.29, 1.82) is 0 Å². The van der Waals surface area contributed by atoms with Gasteiger partial charge in [-0.2, -0.15) is 0 Å². The van der Waals surface area contributed by atoms with Gasteiger partial charge in [0.15, 0.2) is 0 Å². The van der Waals surface area contributed by atoms with Gasteiger partial charge in [-0.25, -0.2) is 0 Å². The molecule has 5 nitrogen and oxygen atoms in total. The minimum atomic E-state index is 0.542. The first-order valence-electron chi connectivity index (χ1n) is 5.07. The summed E-state index contributed by atoms with van der Waals surface area (Å²) in [5.41, 5.74) is 6.40. The van der Waals surface area contributed by atoms with E-state index in [1.165, 1.54) is 0 Å². The van der Waals surface area contributed by atoms with E-state index in [-0.39, 0.29) is 0 Å². The molecule has 1 heterocycles. The van der Waals surface area contributed by atoms with Crippen molar-refractivity contribution in [3.05, 3.63) is 36.4 Å². The number of benzene rings is 1. The highest BCUT2D eigenvalue weighted by Crippen LogP contribution is 2.19. The van der Waals surface area contributed by atoms with Crippen LogP contribution in [0.15, 0.2) is 30.6 Å². The van der Waals surface area contributed by atoms with Crippen molar-refractivity contribution in [2.75, 3.05) is 12.3 Å². The third kappa shape index (κ3) is 2.31. The third-order valence-electron chi connectivity index (χ3n) is 2.31. The summed E-state index contributed by atoms with van der Waals surface area (Å²) in [6, 6.07) is 7.45. The van der Waals surface area contributed by atoms with Crippen molar-refractivity contribution in [3.8, 4) is 5.75 Å². The fraction of sp³-hybridized carbons (Fsp3) is 0.273. The molecule has 0 aliphatic heterocycles. The zero-order valence-corrected chi connectivity index (χ0v) is 9.13. The lowest BCUT2D eigenvalue weighted by Gasteiger charge is -2.07. The highest BCUT2D eigenvalue weighted by molar-refractivity contribution is 5.51. The Bertz CT molecular complexity index is 467. The summed E-state index contributed by atoms with van der Waals surface area (Å²) in [4.78, 5) is 0. The fourth-order valence-electron chi connectivity index (χ4n) is 1.40. The van der Waals surface area contributed by atoms with Gasteiger partial charge in [0.05, 0.1) is 12.3 Å². The zero-order valence-electron chi connectivity index (χ0n) is 9.13. The average molecular weight is 218 g/mol. The molecule has 0 atom stereocenters. The van der Waals surface area contributed by atoms with E-state index in [0.29, 0.717) is 24.5 Å². The number of nitrogens with two attached hydrogens (primary N) is 1. The number of para-hydroxylation sites is 2. The second kappa shape index (κ2) is 4.65.